The van der Waals surface area contributed by atoms with Crippen molar-refractivity contribution in [3.63, 3.8) is 0 Å². The number of benzene rings is 1. The van der Waals surface area contributed by atoms with Crippen molar-refractivity contribution in [3.8, 4) is 0 Å². The van der Waals surface area contributed by atoms with E-state index in [0.29, 0.717) is 4.90 Å². The summed E-state index contributed by atoms with van der Waals surface area (Å²) >= 11 is 0. The van der Waals surface area contributed by atoms with Crippen LogP contribution in [0.2, 0.25) is 0 Å². The van der Waals surface area contributed by atoms with E-state index in [1.807, 2.05) is 0 Å². The van der Waals surface area contributed by atoms with Gasteiger partial charge in [-0.15, -0.1) is 4.84 Å². The maximum Gasteiger partial charge on any atom is 0.180 e. The Morgan fingerprint density at radius 1 is 1.20 bits per heavy atom. The van der Waals surface area contributed by atoms with Crippen LogP contribution in [0.15, 0.2) is 35.2 Å². The molecule has 1 aromatic carbocycles. The Balaban J connectivity index is 2.61. The number of hydrogen-bond donors (Lipinski definition) is 0. The largest absolute Gasteiger partial charge is 0.224 e. The predicted molar refractivity (Wildman–Crippen MR) is 58.4 cm³/mol. The normalized spacial score (nSPS) is 11.9. The van der Waals surface area contributed by atoms with Crippen LogP contribution in [-0.2, 0) is 14.7 Å². The van der Waals surface area contributed by atoms with Crippen molar-refractivity contribution >= 4 is 9.84 Å². The van der Waals surface area contributed by atoms with Crippen LogP contribution in [0.3, 0.4) is 0 Å². The lowest BCUT2D eigenvalue weighted by atomic mass is 10.4. The third-order valence-electron chi connectivity index (χ3n) is 1.80. The van der Waals surface area contributed by atoms with Crippen molar-refractivity contribution in [2.75, 3.05) is 26.5 Å². The molecule has 0 aliphatic heterocycles. The molecule has 5 heteroatoms. The molecule has 15 heavy (non-hydrogen) atoms. The van der Waals surface area contributed by atoms with E-state index in [0.717, 1.165) is 0 Å². The second kappa shape index (κ2) is 5.25. The van der Waals surface area contributed by atoms with Crippen LogP contribution in [0, 0.1) is 0 Å². The highest BCUT2D eigenvalue weighted by atomic mass is 32.2. The molecule has 0 amide bonds. The Bertz CT molecular complexity index is 386. The van der Waals surface area contributed by atoms with Crippen LogP contribution in [0.5, 0.6) is 0 Å². The zero-order valence-corrected chi connectivity index (χ0v) is 9.70. The van der Waals surface area contributed by atoms with Crippen LogP contribution in [0.1, 0.15) is 0 Å². The van der Waals surface area contributed by atoms with Crippen LogP contribution < -0.4 is 5.06 Å². The first-order valence-electron chi connectivity index (χ1n) is 4.60. The van der Waals surface area contributed by atoms with Gasteiger partial charge in [0.25, 0.3) is 0 Å². The summed E-state index contributed by atoms with van der Waals surface area (Å²) in [6.45, 7) is 0.171. The summed E-state index contributed by atoms with van der Waals surface area (Å²) in [5, 5.41) is 1.49. The van der Waals surface area contributed by atoms with Gasteiger partial charge in [0.1, 0.15) is 20.7 Å². The second-order valence-electron chi connectivity index (χ2n) is 3.28. The van der Waals surface area contributed by atoms with Crippen LogP contribution >= 0.6 is 0 Å². The van der Waals surface area contributed by atoms with E-state index in [1.165, 1.54) is 5.06 Å². The van der Waals surface area contributed by atoms with Gasteiger partial charge >= 0.3 is 0 Å². The first-order chi connectivity index (χ1) is 7.02. The highest BCUT2D eigenvalue weighted by molar-refractivity contribution is 7.91. The Morgan fingerprint density at radius 2 is 1.80 bits per heavy atom. The van der Waals surface area contributed by atoms with Crippen LogP contribution in [0.25, 0.3) is 0 Å². The first-order valence-corrected chi connectivity index (χ1v) is 6.25. The Labute approximate surface area is 90.3 Å². The fourth-order valence-corrected chi connectivity index (χ4v) is 2.18. The van der Waals surface area contributed by atoms with E-state index in [4.69, 9.17) is 4.84 Å². The van der Waals surface area contributed by atoms with Gasteiger partial charge in [-0.1, -0.05) is 18.2 Å². The van der Waals surface area contributed by atoms with Gasteiger partial charge in [0, 0.05) is 0 Å². The minimum absolute atomic E-state index is 0.00477. The van der Waals surface area contributed by atoms with Crippen LogP contribution in [0.4, 0.5) is 0 Å². The summed E-state index contributed by atoms with van der Waals surface area (Å²) in [6, 6.07) is 8.38. The molecule has 4 nitrogen and oxygen atoms in total. The average Bonchev–Trinajstić information content (AvgIpc) is 2.18. The molecular formula is C10H15NO3S+. The van der Waals surface area contributed by atoms with Gasteiger partial charge in [0.15, 0.2) is 9.84 Å². The SMILES string of the molecule is C[N+](C)OCCS(=O)(=O)c1ccccc1. The number of rotatable bonds is 5. The van der Waals surface area contributed by atoms with Crippen molar-refractivity contribution in [3.05, 3.63) is 30.3 Å². The third-order valence-corrected chi connectivity index (χ3v) is 3.50. The Morgan fingerprint density at radius 3 is 2.33 bits per heavy atom. The fraction of sp³-hybridized carbons (Fsp3) is 0.400. The predicted octanol–water partition coefficient (Wildman–Crippen LogP) is 0.792. The molecule has 0 aliphatic carbocycles. The van der Waals surface area contributed by atoms with Gasteiger partial charge in [-0.05, 0) is 17.2 Å². The second-order valence-corrected chi connectivity index (χ2v) is 5.39. The zero-order valence-electron chi connectivity index (χ0n) is 8.88. The molecular weight excluding hydrogens is 214 g/mol. The van der Waals surface area contributed by atoms with Gasteiger partial charge < -0.3 is 0 Å². The molecule has 0 spiro atoms. The van der Waals surface area contributed by atoms with Gasteiger partial charge in [-0.3, -0.25) is 0 Å². The van der Waals surface area contributed by atoms with Crippen molar-refractivity contribution < 1.29 is 13.3 Å². The van der Waals surface area contributed by atoms with Crippen molar-refractivity contribution in [2.45, 2.75) is 4.90 Å². The third kappa shape index (κ3) is 3.99. The topological polar surface area (TPSA) is 49.3 Å². The summed E-state index contributed by atoms with van der Waals surface area (Å²) in [5.74, 6) is -0.00477. The summed E-state index contributed by atoms with van der Waals surface area (Å²) < 4.78 is 23.4. The first kappa shape index (κ1) is 12.2. The van der Waals surface area contributed by atoms with E-state index in [2.05, 4.69) is 0 Å². The van der Waals surface area contributed by atoms with E-state index in [1.54, 1.807) is 44.4 Å². The van der Waals surface area contributed by atoms with E-state index in [9.17, 15) is 8.42 Å². The standard InChI is InChI=1S/C10H15NO3S/c1-11(2)14-8-9-15(12,13)10-6-4-3-5-7-10/h3-7H,8-9H2,1-2H3/q+1. The van der Waals surface area contributed by atoms with Gasteiger partial charge in [0.2, 0.25) is 0 Å². The number of nitrogens with zero attached hydrogens (tertiary/aromatic N) is 1. The van der Waals surface area contributed by atoms with Gasteiger partial charge in [-0.25, -0.2) is 8.42 Å². The molecule has 0 fully saturated rings. The minimum Gasteiger partial charge on any atom is -0.224 e. The van der Waals surface area contributed by atoms with Crippen molar-refractivity contribution in [1.29, 1.82) is 0 Å². The quantitative estimate of drug-likeness (QED) is 0.554. The molecule has 0 aliphatic rings. The van der Waals surface area contributed by atoms with E-state index < -0.39 is 9.84 Å². The van der Waals surface area contributed by atoms with E-state index in [-0.39, 0.29) is 12.4 Å². The molecule has 0 aromatic heterocycles. The molecule has 0 heterocycles. The minimum atomic E-state index is -3.21. The average molecular weight is 229 g/mol. The van der Waals surface area contributed by atoms with Crippen molar-refractivity contribution in [2.24, 2.45) is 0 Å². The summed E-state index contributed by atoms with van der Waals surface area (Å²) in [4.78, 5) is 5.39. The highest BCUT2D eigenvalue weighted by Gasteiger charge is 2.15. The lowest BCUT2D eigenvalue weighted by Gasteiger charge is -2.03. The molecule has 0 N–H and O–H groups in total. The Hall–Kier alpha value is -0.910. The lowest BCUT2D eigenvalue weighted by molar-refractivity contribution is -0.0256. The molecule has 1 rings (SSSR count). The van der Waals surface area contributed by atoms with Crippen molar-refractivity contribution in [1.82, 2.24) is 5.06 Å². The van der Waals surface area contributed by atoms with Gasteiger partial charge in [-0.2, -0.15) is 0 Å². The maximum atomic E-state index is 11.7. The molecule has 1 aromatic rings. The molecule has 83 valence electrons. The summed E-state index contributed by atoms with van der Waals surface area (Å²) in [6.07, 6.45) is 0. The monoisotopic (exact) mass is 229 g/mol. The number of sulfone groups is 1. The lowest BCUT2D eigenvalue weighted by Crippen LogP contribution is -2.23. The smallest absolute Gasteiger partial charge is 0.180 e. The molecule has 0 atom stereocenters. The summed E-state index contributed by atoms with van der Waals surface area (Å²) in [7, 11) is 0.227. The number of hydroxylamine groups is 2. The number of hydrogen-bond acceptors (Lipinski definition) is 4. The molecule has 0 saturated carbocycles. The Kier molecular flexibility index (Phi) is 4.26. The van der Waals surface area contributed by atoms with E-state index >= 15 is 0 Å². The molecule has 0 saturated heterocycles. The highest BCUT2D eigenvalue weighted by Crippen LogP contribution is 2.09. The maximum absolute atomic E-state index is 11.7. The zero-order chi connectivity index (χ0) is 11.3. The summed E-state index contributed by atoms with van der Waals surface area (Å²) in [5.41, 5.74) is 0. The molecule has 0 unspecified atom stereocenters. The van der Waals surface area contributed by atoms with Crippen LogP contribution in [-0.4, -0.2) is 34.9 Å². The van der Waals surface area contributed by atoms with Gasteiger partial charge in [0.05, 0.1) is 10.6 Å². The molecule has 0 bridgehead atoms. The molecule has 1 radical (unpaired) electrons. The fourth-order valence-electron chi connectivity index (χ4n) is 1.08.